The van der Waals surface area contributed by atoms with E-state index in [-0.39, 0.29) is 5.69 Å². The highest BCUT2D eigenvalue weighted by molar-refractivity contribution is 5.29. The van der Waals surface area contributed by atoms with E-state index >= 15 is 0 Å². The maximum Gasteiger partial charge on any atom is 0.346 e. The van der Waals surface area contributed by atoms with Gasteiger partial charge in [-0.25, -0.2) is 14.8 Å². The van der Waals surface area contributed by atoms with Crippen LogP contribution in [0.5, 0.6) is 0 Å². The van der Waals surface area contributed by atoms with Gasteiger partial charge in [0.1, 0.15) is 5.82 Å². The Balaban J connectivity index is 2.80. The molecule has 11 heavy (non-hydrogen) atoms. The van der Waals surface area contributed by atoms with Gasteiger partial charge in [-0.3, -0.25) is 4.98 Å². The van der Waals surface area contributed by atoms with Crippen molar-refractivity contribution in [1.82, 2.24) is 15.0 Å². The maximum atomic E-state index is 10.6. The second kappa shape index (κ2) is 3.16. The second-order valence-electron chi connectivity index (χ2n) is 2.29. The Bertz CT molecular complexity index is 280. The van der Waals surface area contributed by atoms with Gasteiger partial charge in [-0.2, -0.15) is 0 Å². The number of hydrazine groups is 1. The van der Waals surface area contributed by atoms with Crippen molar-refractivity contribution >= 4 is 5.82 Å². The van der Waals surface area contributed by atoms with E-state index in [1.54, 1.807) is 11.1 Å². The fourth-order valence-corrected chi connectivity index (χ4v) is 0.675. The zero-order chi connectivity index (χ0) is 8.27. The second-order valence-corrected chi connectivity index (χ2v) is 2.29. The van der Waals surface area contributed by atoms with Crippen LogP contribution >= 0.6 is 0 Å². The van der Waals surface area contributed by atoms with Crippen molar-refractivity contribution in [3.05, 3.63) is 22.7 Å². The van der Waals surface area contributed by atoms with Crippen molar-refractivity contribution < 1.29 is 0 Å². The summed E-state index contributed by atoms with van der Waals surface area (Å²) in [6.07, 6.45) is 1.45. The van der Waals surface area contributed by atoms with Crippen LogP contribution in [0.1, 0.15) is 0 Å². The highest BCUT2D eigenvalue weighted by Gasteiger charge is 1.91. The van der Waals surface area contributed by atoms with Crippen LogP contribution in [0, 0.1) is 0 Å². The van der Waals surface area contributed by atoms with Crippen LogP contribution in [0.3, 0.4) is 0 Å². The molecule has 0 bridgehead atoms. The lowest BCUT2D eigenvalue weighted by Gasteiger charge is -2.11. The summed E-state index contributed by atoms with van der Waals surface area (Å²) < 4.78 is 0. The van der Waals surface area contributed by atoms with Gasteiger partial charge in [0.2, 0.25) is 0 Å². The molecule has 2 N–H and O–H groups in total. The first-order valence-corrected chi connectivity index (χ1v) is 3.18. The van der Waals surface area contributed by atoms with E-state index in [2.05, 4.69) is 15.4 Å². The lowest BCUT2D eigenvalue weighted by molar-refractivity contribution is 0.492. The Kier molecular flexibility index (Phi) is 2.22. The summed E-state index contributed by atoms with van der Waals surface area (Å²) in [4.78, 5) is 16.6. The van der Waals surface area contributed by atoms with Crippen molar-refractivity contribution in [3.8, 4) is 0 Å². The largest absolute Gasteiger partial charge is 0.346 e. The van der Waals surface area contributed by atoms with Gasteiger partial charge in [0.25, 0.3) is 0 Å². The molecule has 1 aromatic heterocycles. The molecule has 1 heterocycles. The standard InChI is InChI=1S/C6H10N4O/c1-10(2)9-5-3-4-7-6(11)8-5/h3-4H,1-2H3,(H2,7,8,9,11). The summed E-state index contributed by atoms with van der Waals surface area (Å²) in [5.41, 5.74) is 2.53. The Morgan fingerprint density at radius 1 is 1.64 bits per heavy atom. The number of hydrogen-bond acceptors (Lipinski definition) is 4. The molecule has 0 saturated heterocycles. The van der Waals surface area contributed by atoms with E-state index in [4.69, 9.17) is 0 Å². The number of H-pyrrole nitrogens is 1. The van der Waals surface area contributed by atoms with Crippen molar-refractivity contribution in [3.63, 3.8) is 0 Å². The Morgan fingerprint density at radius 2 is 2.36 bits per heavy atom. The first-order chi connectivity index (χ1) is 5.18. The van der Waals surface area contributed by atoms with Gasteiger partial charge >= 0.3 is 5.69 Å². The van der Waals surface area contributed by atoms with Crippen molar-refractivity contribution in [2.45, 2.75) is 0 Å². The molecule has 60 valence electrons. The molecule has 1 aromatic rings. The third-order valence-electron chi connectivity index (χ3n) is 1.02. The number of hydrogen-bond donors (Lipinski definition) is 2. The summed E-state index contributed by atoms with van der Waals surface area (Å²) in [7, 11) is 3.66. The highest BCUT2D eigenvalue weighted by Crippen LogP contribution is 1.94. The van der Waals surface area contributed by atoms with Crippen molar-refractivity contribution in [1.29, 1.82) is 0 Å². The number of anilines is 1. The zero-order valence-electron chi connectivity index (χ0n) is 6.46. The molecule has 0 unspecified atom stereocenters. The highest BCUT2D eigenvalue weighted by atomic mass is 16.1. The van der Waals surface area contributed by atoms with E-state index in [1.165, 1.54) is 6.20 Å². The van der Waals surface area contributed by atoms with Crippen molar-refractivity contribution in [2.75, 3.05) is 19.5 Å². The molecule has 0 fully saturated rings. The van der Waals surface area contributed by atoms with E-state index in [0.717, 1.165) is 0 Å². The maximum absolute atomic E-state index is 10.6. The topological polar surface area (TPSA) is 61.0 Å². The van der Waals surface area contributed by atoms with Gasteiger partial charge in [0.15, 0.2) is 0 Å². The molecule has 5 heteroatoms. The molecule has 1 rings (SSSR count). The Morgan fingerprint density at radius 3 is 2.91 bits per heavy atom. The quantitative estimate of drug-likeness (QED) is 0.572. The van der Waals surface area contributed by atoms with Gasteiger partial charge in [-0.15, -0.1) is 0 Å². The lowest BCUT2D eigenvalue weighted by atomic mass is 10.6. The Labute approximate surface area is 64.0 Å². The molecule has 0 saturated carbocycles. The minimum absolute atomic E-state index is 0.350. The van der Waals surface area contributed by atoms with E-state index in [0.29, 0.717) is 5.82 Å². The fraction of sp³-hybridized carbons (Fsp3) is 0.333. The predicted octanol–water partition coefficient (Wildman–Crippen LogP) is -0.342. The third-order valence-corrected chi connectivity index (χ3v) is 1.02. The first kappa shape index (κ1) is 7.74. The van der Waals surface area contributed by atoms with E-state index in [1.807, 2.05) is 14.1 Å². The summed E-state index contributed by atoms with van der Waals surface area (Å²) in [5.74, 6) is 0.634. The monoisotopic (exact) mass is 154 g/mol. The smallest absolute Gasteiger partial charge is 0.305 e. The molecule has 0 aliphatic carbocycles. The van der Waals surface area contributed by atoms with E-state index < -0.39 is 0 Å². The van der Waals surface area contributed by atoms with Crippen LogP contribution in [0.25, 0.3) is 0 Å². The average molecular weight is 154 g/mol. The number of aromatic amines is 1. The molecule has 0 aliphatic heterocycles. The minimum Gasteiger partial charge on any atom is -0.305 e. The number of aromatic nitrogens is 2. The minimum atomic E-state index is -0.350. The summed E-state index contributed by atoms with van der Waals surface area (Å²) in [6.45, 7) is 0. The molecule has 0 atom stereocenters. The van der Waals surface area contributed by atoms with Crippen LogP contribution in [0.15, 0.2) is 17.1 Å². The molecule has 0 aliphatic rings. The van der Waals surface area contributed by atoms with Gasteiger partial charge in [-0.1, -0.05) is 0 Å². The van der Waals surface area contributed by atoms with Crippen LogP contribution in [-0.4, -0.2) is 29.1 Å². The SMILES string of the molecule is CN(C)Nc1ccnc(=O)[nH]1. The summed E-state index contributed by atoms with van der Waals surface area (Å²) >= 11 is 0. The van der Waals surface area contributed by atoms with Gasteiger partial charge in [-0.05, 0) is 6.07 Å². The number of nitrogens with zero attached hydrogens (tertiary/aromatic N) is 2. The predicted molar refractivity (Wildman–Crippen MR) is 42.2 cm³/mol. The number of rotatable bonds is 2. The van der Waals surface area contributed by atoms with Crippen LogP contribution in [-0.2, 0) is 0 Å². The van der Waals surface area contributed by atoms with Crippen LogP contribution in [0.4, 0.5) is 5.82 Å². The van der Waals surface area contributed by atoms with Crippen LogP contribution < -0.4 is 11.1 Å². The molecule has 0 amide bonds. The van der Waals surface area contributed by atoms with Gasteiger partial charge < -0.3 is 5.43 Å². The normalized spacial score (nSPS) is 10.1. The fourth-order valence-electron chi connectivity index (χ4n) is 0.675. The molecule has 0 spiro atoms. The summed E-state index contributed by atoms with van der Waals surface area (Å²) in [6, 6.07) is 1.68. The van der Waals surface area contributed by atoms with Gasteiger partial charge in [0, 0.05) is 20.3 Å². The number of nitrogens with one attached hydrogen (secondary N) is 2. The van der Waals surface area contributed by atoms with Gasteiger partial charge in [0.05, 0.1) is 0 Å². The van der Waals surface area contributed by atoms with Crippen molar-refractivity contribution in [2.24, 2.45) is 0 Å². The molecule has 5 nitrogen and oxygen atoms in total. The van der Waals surface area contributed by atoms with Crippen LogP contribution in [0.2, 0.25) is 0 Å². The molecule has 0 radical (unpaired) electrons. The average Bonchev–Trinajstić information content (AvgIpc) is 1.85. The zero-order valence-corrected chi connectivity index (χ0v) is 6.46. The Hall–Kier alpha value is -1.36. The summed E-state index contributed by atoms with van der Waals surface area (Å²) in [5, 5.41) is 1.73. The first-order valence-electron chi connectivity index (χ1n) is 3.18. The molecular weight excluding hydrogens is 144 g/mol. The molecule has 0 aromatic carbocycles. The van der Waals surface area contributed by atoms with E-state index in [9.17, 15) is 4.79 Å². The third kappa shape index (κ3) is 2.38. The lowest BCUT2D eigenvalue weighted by Crippen LogP contribution is -2.22. The molecular formula is C6H10N4O.